The predicted molar refractivity (Wildman–Crippen MR) is 40.7 cm³/mol. The Morgan fingerprint density at radius 2 is 2.45 bits per heavy atom. The first kappa shape index (κ1) is 6.09. The molecule has 2 heterocycles. The van der Waals surface area contributed by atoms with E-state index < -0.39 is 0 Å². The summed E-state index contributed by atoms with van der Waals surface area (Å²) in [6.45, 7) is 0. The summed E-state index contributed by atoms with van der Waals surface area (Å²) in [5.41, 5.74) is 1.78. The van der Waals surface area contributed by atoms with E-state index in [4.69, 9.17) is 0 Å². The largest absolute Gasteiger partial charge is 0.351 e. The average molecular weight is 144 g/mol. The molecule has 2 aromatic rings. The molecule has 1 N–H and O–H groups in total. The summed E-state index contributed by atoms with van der Waals surface area (Å²) in [5, 5.41) is 0. The van der Waals surface area contributed by atoms with Crippen molar-refractivity contribution >= 4 is 0 Å². The van der Waals surface area contributed by atoms with Crippen LogP contribution in [0.4, 0.5) is 0 Å². The van der Waals surface area contributed by atoms with Crippen LogP contribution in [-0.2, 0) is 0 Å². The van der Waals surface area contributed by atoms with Gasteiger partial charge < -0.3 is 4.98 Å². The van der Waals surface area contributed by atoms with Gasteiger partial charge in [0, 0.05) is 18.0 Å². The van der Waals surface area contributed by atoms with Crippen molar-refractivity contribution in [1.82, 2.24) is 15.0 Å². The third-order valence-corrected chi connectivity index (χ3v) is 1.38. The number of imidazole rings is 1. The van der Waals surface area contributed by atoms with Gasteiger partial charge in [-0.1, -0.05) is 0 Å². The van der Waals surface area contributed by atoms with Crippen LogP contribution < -0.4 is 0 Å². The second-order valence-electron chi connectivity index (χ2n) is 2.12. The molecule has 53 valence electrons. The molecule has 11 heavy (non-hydrogen) atoms. The Labute approximate surface area is 64.1 Å². The van der Waals surface area contributed by atoms with E-state index >= 15 is 0 Å². The summed E-state index contributed by atoms with van der Waals surface area (Å²) < 4.78 is 0. The molecule has 0 aliphatic rings. The van der Waals surface area contributed by atoms with Gasteiger partial charge in [-0.05, 0) is 12.1 Å². The first-order chi connectivity index (χ1) is 5.47. The van der Waals surface area contributed by atoms with Crippen LogP contribution >= 0.6 is 0 Å². The Kier molecular flexibility index (Phi) is 1.41. The molecule has 0 amide bonds. The van der Waals surface area contributed by atoms with Gasteiger partial charge in [0.2, 0.25) is 0 Å². The summed E-state index contributed by atoms with van der Waals surface area (Å²) >= 11 is 0. The Bertz CT molecular complexity index is 312. The zero-order chi connectivity index (χ0) is 7.52. The lowest BCUT2D eigenvalue weighted by Gasteiger charge is -1.90. The standard InChI is InChI=1S/C8H6N3/c1-2-7(4-9-3-1)8-5-10-6-11-8/h1-3,5-6H,(H,10,11). The molecule has 2 rings (SSSR count). The van der Waals surface area contributed by atoms with Crippen LogP contribution in [-0.4, -0.2) is 15.0 Å². The van der Waals surface area contributed by atoms with Crippen molar-refractivity contribution in [3.63, 3.8) is 0 Å². The molecule has 0 spiro atoms. The second-order valence-corrected chi connectivity index (χ2v) is 2.12. The molecule has 1 radical (unpaired) electrons. The number of H-pyrrole nitrogens is 1. The fraction of sp³-hybridized carbons (Fsp3) is 0. The van der Waals surface area contributed by atoms with Crippen LogP contribution in [0.25, 0.3) is 11.3 Å². The molecule has 0 fully saturated rings. The smallest absolute Gasteiger partial charge is 0.0987 e. The molecule has 0 aliphatic carbocycles. The maximum absolute atomic E-state index is 4.06. The molecule has 0 aromatic carbocycles. The van der Waals surface area contributed by atoms with Crippen LogP contribution in [0.15, 0.2) is 30.9 Å². The number of rotatable bonds is 1. The zero-order valence-electron chi connectivity index (χ0n) is 5.78. The summed E-state index contributed by atoms with van der Waals surface area (Å²) in [7, 11) is 0. The van der Waals surface area contributed by atoms with Crippen LogP contribution in [0.5, 0.6) is 0 Å². The van der Waals surface area contributed by atoms with Gasteiger partial charge in [-0.3, -0.25) is 4.98 Å². The molecule has 0 aliphatic heterocycles. The highest BCUT2D eigenvalue weighted by Crippen LogP contribution is 2.11. The number of hydrogen-bond acceptors (Lipinski definition) is 2. The molecule has 3 heteroatoms. The fourth-order valence-corrected chi connectivity index (χ4v) is 0.877. The quantitative estimate of drug-likeness (QED) is 0.654. The van der Waals surface area contributed by atoms with E-state index in [2.05, 4.69) is 21.1 Å². The van der Waals surface area contributed by atoms with Crippen LogP contribution in [0.1, 0.15) is 0 Å². The van der Waals surface area contributed by atoms with E-state index in [-0.39, 0.29) is 0 Å². The summed E-state index contributed by atoms with van der Waals surface area (Å²) in [4.78, 5) is 10.8. The average Bonchev–Trinajstić information content (AvgIpc) is 2.58. The van der Waals surface area contributed by atoms with Crippen molar-refractivity contribution in [2.75, 3.05) is 0 Å². The molecule has 0 unspecified atom stereocenters. The number of aromatic amines is 1. The highest BCUT2D eigenvalue weighted by Gasteiger charge is 1.96. The van der Waals surface area contributed by atoms with Gasteiger partial charge in [-0.25, -0.2) is 4.98 Å². The highest BCUT2D eigenvalue weighted by molar-refractivity contribution is 5.55. The lowest BCUT2D eigenvalue weighted by molar-refractivity contribution is 1.28. The Hall–Kier alpha value is -1.64. The van der Waals surface area contributed by atoms with Crippen molar-refractivity contribution in [2.24, 2.45) is 0 Å². The second kappa shape index (κ2) is 2.54. The third kappa shape index (κ3) is 1.12. The van der Waals surface area contributed by atoms with E-state index in [1.807, 2.05) is 18.3 Å². The van der Waals surface area contributed by atoms with Crippen molar-refractivity contribution in [3.05, 3.63) is 37.1 Å². The van der Waals surface area contributed by atoms with E-state index in [9.17, 15) is 0 Å². The van der Waals surface area contributed by atoms with Gasteiger partial charge in [-0.2, -0.15) is 0 Å². The topological polar surface area (TPSA) is 41.6 Å². The van der Waals surface area contributed by atoms with Crippen LogP contribution in [0.3, 0.4) is 0 Å². The van der Waals surface area contributed by atoms with E-state index in [1.54, 1.807) is 12.5 Å². The molecule has 2 aromatic heterocycles. The fourth-order valence-electron chi connectivity index (χ4n) is 0.877. The molecule has 0 bridgehead atoms. The molecule has 3 nitrogen and oxygen atoms in total. The van der Waals surface area contributed by atoms with Crippen molar-refractivity contribution in [1.29, 1.82) is 0 Å². The first-order valence-corrected chi connectivity index (χ1v) is 3.28. The Balaban J connectivity index is 2.46. The minimum Gasteiger partial charge on any atom is -0.351 e. The Morgan fingerprint density at radius 3 is 3.09 bits per heavy atom. The molecule has 0 saturated carbocycles. The predicted octanol–water partition coefficient (Wildman–Crippen LogP) is 1.27. The number of pyridine rings is 1. The van der Waals surface area contributed by atoms with Gasteiger partial charge in [0.15, 0.2) is 0 Å². The molecular weight excluding hydrogens is 138 g/mol. The maximum atomic E-state index is 4.06. The normalized spacial score (nSPS) is 9.82. The van der Waals surface area contributed by atoms with Crippen LogP contribution in [0, 0.1) is 6.20 Å². The van der Waals surface area contributed by atoms with Gasteiger partial charge in [0.1, 0.15) is 0 Å². The van der Waals surface area contributed by atoms with Gasteiger partial charge in [0.25, 0.3) is 0 Å². The number of aromatic nitrogens is 3. The summed E-state index contributed by atoms with van der Waals surface area (Å²) in [6.07, 6.45) is 7.98. The van der Waals surface area contributed by atoms with Crippen molar-refractivity contribution in [3.8, 4) is 11.3 Å². The molecular formula is C8H6N3. The van der Waals surface area contributed by atoms with Crippen molar-refractivity contribution in [2.45, 2.75) is 0 Å². The van der Waals surface area contributed by atoms with Gasteiger partial charge in [0.05, 0.1) is 18.2 Å². The minimum absolute atomic E-state index is 0.873. The monoisotopic (exact) mass is 144 g/mol. The van der Waals surface area contributed by atoms with E-state index in [0.717, 1.165) is 11.3 Å². The number of nitrogens with zero attached hydrogens (tertiary/aromatic N) is 2. The molecule has 0 saturated heterocycles. The van der Waals surface area contributed by atoms with E-state index in [0.29, 0.717) is 0 Å². The van der Waals surface area contributed by atoms with Gasteiger partial charge in [-0.15, -0.1) is 0 Å². The maximum Gasteiger partial charge on any atom is 0.0987 e. The van der Waals surface area contributed by atoms with Crippen LogP contribution in [0.2, 0.25) is 0 Å². The third-order valence-electron chi connectivity index (χ3n) is 1.38. The highest BCUT2D eigenvalue weighted by atomic mass is 14.9. The lowest BCUT2D eigenvalue weighted by atomic mass is 10.2. The zero-order valence-corrected chi connectivity index (χ0v) is 5.78. The summed E-state index contributed by atoms with van der Waals surface area (Å²) in [5.74, 6) is 0. The summed E-state index contributed by atoms with van der Waals surface area (Å²) in [6, 6.07) is 3.78. The first-order valence-electron chi connectivity index (χ1n) is 3.28. The number of hydrogen-bond donors (Lipinski definition) is 1. The van der Waals surface area contributed by atoms with Gasteiger partial charge >= 0.3 is 0 Å². The molecule has 0 atom stereocenters. The Morgan fingerprint density at radius 1 is 1.45 bits per heavy atom. The SMILES string of the molecule is [c]1ncccc1-c1c[nH]cn1. The number of nitrogens with one attached hydrogen (secondary N) is 1. The van der Waals surface area contributed by atoms with E-state index in [1.165, 1.54) is 0 Å². The van der Waals surface area contributed by atoms with Crippen molar-refractivity contribution < 1.29 is 0 Å². The lowest BCUT2D eigenvalue weighted by Crippen LogP contribution is -1.77. The minimum atomic E-state index is 0.873.